The molecule has 96 valence electrons. The lowest BCUT2D eigenvalue weighted by atomic mass is 10.2. The molecule has 0 aromatic heterocycles. The van der Waals surface area contributed by atoms with Gasteiger partial charge >= 0.3 is 5.97 Å². The number of carbonyl (C=O) groups excluding carboxylic acids is 1. The third-order valence-electron chi connectivity index (χ3n) is 3.06. The van der Waals surface area contributed by atoms with Gasteiger partial charge in [0, 0.05) is 12.4 Å². The molecule has 1 amide bonds. The molecule has 2 aliphatic rings. The minimum Gasteiger partial charge on any atom is -0.480 e. The molecule has 17 heavy (non-hydrogen) atoms. The predicted octanol–water partition coefficient (Wildman–Crippen LogP) is 0.788. The van der Waals surface area contributed by atoms with Gasteiger partial charge in [-0.3, -0.25) is 4.79 Å². The van der Waals surface area contributed by atoms with Crippen LogP contribution in [-0.2, 0) is 14.3 Å². The lowest BCUT2D eigenvalue weighted by Crippen LogP contribution is -2.47. The summed E-state index contributed by atoms with van der Waals surface area (Å²) in [6.45, 7) is 2.28. The van der Waals surface area contributed by atoms with E-state index in [2.05, 4.69) is 0 Å². The molecule has 0 radical (unpaired) electrons. The van der Waals surface area contributed by atoms with Crippen molar-refractivity contribution < 1.29 is 19.4 Å². The molecule has 1 saturated carbocycles. The number of thioether (sulfide) groups is 1. The Morgan fingerprint density at radius 1 is 1.47 bits per heavy atom. The van der Waals surface area contributed by atoms with Crippen LogP contribution in [-0.4, -0.2) is 52.3 Å². The third-order valence-corrected chi connectivity index (χ3v) is 4.52. The summed E-state index contributed by atoms with van der Waals surface area (Å²) >= 11 is 1.59. The monoisotopic (exact) mass is 259 g/mol. The second kappa shape index (κ2) is 5.27. The van der Waals surface area contributed by atoms with E-state index >= 15 is 0 Å². The van der Waals surface area contributed by atoms with Crippen LogP contribution in [0.2, 0.25) is 0 Å². The van der Waals surface area contributed by atoms with Crippen molar-refractivity contribution in [1.29, 1.82) is 0 Å². The molecular formula is C11H17NO4S. The van der Waals surface area contributed by atoms with Gasteiger partial charge in [-0.2, -0.15) is 0 Å². The molecule has 0 spiro atoms. The molecule has 1 N–H and O–H groups in total. The van der Waals surface area contributed by atoms with Crippen LogP contribution in [0, 0.1) is 5.92 Å². The van der Waals surface area contributed by atoms with Crippen LogP contribution in [0.25, 0.3) is 0 Å². The Bertz CT molecular complexity index is 319. The van der Waals surface area contributed by atoms with Gasteiger partial charge in [0.15, 0.2) is 0 Å². The highest BCUT2D eigenvalue weighted by atomic mass is 32.2. The summed E-state index contributed by atoms with van der Waals surface area (Å²) in [7, 11) is 0. The van der Waals surface area contributed by atoms with Gasteiger partial charge in [-0.25, -0.2) is 4.79 Å². The average molecular weight is 259 g/mol. The zero-order valence-corrected chi connectivity index (χ0v) is 10.6. The smallest absolute Gasteiger partial charge is 0.327 e. The molecule has 5 nitrogen and oxygen atoms in total. The molecule has 1 saturated heterocycles. The van der Waals surface area contributed by atoms with Gasteiger partial charge in [-0.15, -0.1) is 11.8 Å². The molecule has 1 aliphatic heterocycles. The van der Waals surface area contributed by atoms with Crippen molar-refractivity contribution in [1.82, 2.24) is 4.90 Å². The third kappa shape index (κ3) is 2.74. The average Bonchev–Trinajstić information content (AvgIpc) is 3.04. The lowest BCUT2D eigenvalue weighted by Gasteiger charge is -2.27. The first-order valence-electron chi connectivity index (χ1n) is 5.88. The normalized spacial score (nSPS) is 28.4. The molecule has 1 aliphatic carbocycles. The first-order chi connectivity index (χ1) is 8.15. The van der Waals surface area contributed by atoms with E-state index in [1.165, 1.54) is 4.90 Å². The second-order valence-electron chi connectivity index (χ2n) is 4.35. The van der Waals surface area contributed by atoms with E-state index < -0.39 is 12.0 Å². The number of carboxylic acids is 1. The van der Waals surface area contributed by atoms with E-state index in [1.54, 1.807) is 11.8 Å². The van der Waals surface area contributed by atoms with Crippen LogP contribution in [0.1, 0.15) is 19.8 Å². The largest absolute Gasteiger partial charge is 0.480 e. The number of hydrogen-bond donors (Lipinski definition) is 1. The number of ether oxygens (including phenoxy) is 1. The fourth-order valence-corrected chi connectivity index (χ4v) is 3.69. The van der Waals surface area contributed by atoms with Crippen LogP contribution in [0.5, 0.6) is 0 Å². The van der Waals surface area contributed by atoms with Gasteiger partial charge in [-0.1, -0.05) is 0 Å². The number of amides is 1. The molecule has 2 atom stereocenters. The van der Waals surface area contributed by atoms with E-state index in [4.69, 9.17) is 9.84 Å². The van der Waals surface area contributed by atoms with Crippen LogP contribution in [0.15, 0.2) is 0 Å². The Labute approximate surface area is 104 Å². The molecule has 0 bridgehead atoms. The highest BCUT2D eigenvalue weighted by Gasteiger charge is 2.47. The fourth-order valence-electron chi connectivity index (χ4n) is 2.04. The zero-order chi connectivity index (χ0) is 12.4. The number of nitrogens with zero attached hydrogens (tertiary/aromatic N) is 1. The van der Waals surface area contributed by atoms with E-state index in [0.717, 1.165) is 12.8 Å². The number of aliphatic carboxylic acids is 1. The maximum Gasteiger partial charge on any atom is 0.327 e. The summed E-state index contributed by atoms with van der Waals surface area (Å²) in [5.41, 5.74) is 0. The van der Waals surface area contributed by atoms with Crippen LogP contribution in [0.3, 0.4) is 0 Å². The van der Waals surface area contributed by atoms with Crippen LogP contribution < -0.4 is 0 Å². The summed E-state index contributed by atoms with van der Waals surface area (Å²) in [4.78, 5) is 24.6. The van der Waals surface area contributed by atoms with Crippen LogP contribution >= 0.6 is 11.8 Å². The van der Waals surface area contributed by atoms with E-state index in [0.29, 0.717) is 18.3 Å². The summed E-state index contributed by atoms with van der Waals surface area (Å²) in [5, 5.41) is 9.18. The van der Waals surface area contributed by atoms with E-state index in [-0.39, 0.29) is 17.9 Å². The minimum absolute atomic E-state index is 0.00986. The van der Waals surface area contributed by atoms with Gasteiger partial charge < -0.3 is 14.7 Å². The van der Waals surface area contributed by atoms with Crippen molar-refractivity contribution in [2.24, 2.45) is 5.92 Å². The van der Waals surface area contributed by atoms with E-state index in [9.17, 15) is 9.59 Å². The standard InChI is InChI=1S/C11H17NO4S/c1-2-16-5-9(13)12-8(11(14)15)6-17-10(12)7-3-4-7/h7-8,10H,2-6H2,1H3,(H,14,15). The summed E-state index contributed by atoms with van der Waals surface area (Å²) in [6, 6.07) is -0.682. The number of rotatable bonds is 5. The molecule has 2 rings (SSSR count). The summed E-state index contributed by atoms with van der Waals surface area (Å²) in [6.07, 6.45) is 2.20. The topological polar surface area (TPSA) is 66.8 Å². The van der Waals surface area contributed by atoms with Gasteiger partial charge in [-0.05, 0) is 25.7 Å². The Balaban J connectivity index is 2.05. The van der Waals surface area contributed by atoms with Crippen molar-refractivity contribution in [3.63, 3.8) is 0 Å². The Kier molecular flexibility index (Phi) is 3.93. The summed E-state index contributed by atoms with van der Waals surface area (Å²) in [5.74, 6) is -0.129. The van der Waals surface area contributed by atoms with Crippen molar-refractivity contribution in [2.45, 2.75) is 31.2 Å². The summed E-state index contributed by atoms with van der Waals surface area (Å²) < 4.78 is 5.09. The second-order valence-corrected chi connectivity index (χ2v) is 5.50. The molecule has 2 fully saturated rings. The van der Waals surface area contributed by atoms with Crippen molar-refractivity contribution >= 4 is 23.6 Å². The van der Waals surface area contributed by atoms with Gasteiger partial charge in [0.2, 0.25) is 5.91 Å². The Morgan fingerprint density at radius 2 is 2.18 bits per heavy atom. The predicted molar refractivity (Wildman–Crippen MR) is 63.7 cm³/mol. The maximum atomic E-state index is 12.0. The van der Waals surface area contributed by atoms with Crippen LogP contribution in [0.4, 0.5) is 0 Å². The molecular weight excluding hydrogens is 242 g/mol. The molecule has 6 heteroatoms. The number of carbonyl (C=O) groups is 2. The molecule has 0 aromatic rings. The first kappa shape index (κ1) is 12.7. The Morgan fingerprint density at radius 3 is 2.71 bits per heavy atom. The van der Waals surface area contributed by atoms with Crippen molar-refractivity contribution in [3.8, 4) is 0 Å². The fraction of sp³-hybridized carbons (Fsp3) is 0.818. The zero-order valence-electron chi connectivity index (χ0n) is 9.80. The number of hydrogen-bond acceptors (Lipinski definition) is 4. The minimum atomic E-state index is -0.912. The quantitative estimate of drug-likeness (QED) is 0.790. The molecule has 1 heterocycles. The molecule has 0 aromatic carbocycles. The van der Waals surface area contributed by atoms with Gasteiger partial charge in [0.1, 0.15) is 12.6 Å². The van der Waals surface area contributed by atoms with E-state index in [1.807, 2.05) is 6.92 Å². The first-order valence-corrected chi connectivity index (χ1v) is 6.93. The lowest BCUT2D eigenvalue weighted by molar-refractivity contribution is -0.151. The van der Waals surface area contributed by atoms with Crippen molar-refractivity contribution in [3.05, 3.63) is 0 Å². The van der Waals surface area contributed by atoms with Gasteiger partial charge in [0.25, 0.3) is 0 Å². The number of carboxylic acid groups (broad SMARTS) is 1. The van der Waals surface area contributed by atoms with Gasteiger partial charge in [0.05, 0.1) is 5.37 Å². The molecule has 2 unspecified atom stereocenters. The SMILES string of the molecule is CCOCC(=O)N1C(C(=O)O)CSC1C1CC1. The highest BCUT2D eigenvalue weighted by Crippen LogP contribution is 2.45. The maximum absolute atomic E-state index is 12.0. The van der Waals surface area contributed by atoms with Crippen molar-refractivity contribution in [2.75, 3.05) is 19.0 Å². The Hall–Kier alpha value is -0.750. The highest BCUT2D eigenvalue weighted by molar-refractivity contribution is 8.00.